The van der Waals surface area contributed by atoms with Crippen molar-refractivity contribution < 1.29 is 9.15 Å². The summed E-state index contributed by atoms with van der Waals surface area (Å²) in [6, 6.07) is 1.83. The van der Waals surface area contributed by atoms with E-state index in [1.54, 1.807) is 7.11 Å². The smallest absolute Gasteiger partial charge is 0.198 e. The van der Waals surface area contributed by atoms with Crippen LogP contribution in [0.3, 0.4) is 0 Å². The second-order valence-electron chi connectivity index (χ2n) is 3.85. The molecule has 2 rings (SSSR count). The van der Waals surface area contributed by atoms with Crippen LogP contribution in [0.15, 0.2) is 19.6 Å². The maximum absolute atomic E-state index is 5.58. The predicted octanol–water partition coefficient (Wildman–Crippen LogP) is 4.44. The lowest BCUT2D eigenvalue weighted by molar-refractivity contribution is 0.181. The molecule has 20 heavy (non-hydrogen) atoms. The van der Waals surface area contributed by atoms with Crippen molar-refractivity contribution in [1.29, 1.82) is 0 Å². The van der Waals surface area contributed by atoms with Crippen molar-refractivity contribution in [1.82, 2.24) is 9.97 Å². The van der Waals surface area contributed by atoms with Crippen LogP contribution in [0.4, 0.5) is 5.82 Å². The normalized spacial score (nSPS) is 10.8. The van der Waals surface area contributed by atoms with Crippen molar-refractivity contribution in [2.24, 2.45) is 0 Å². The Morgan fingerprint density at radius 2 is 2.15 bits per heavy atom. The van der Waals surface area contributed by atoms with E-state index in [1.807, 2.05) is 13.0 Å². The molecule has 0 amide bonds. The Labute approximate surface area is 147 Å². The van der Waals surface area contributed by atoms with Crippen molar-refractivity contribution in [3.63, 3.8) is 0 Å². The molecule has 0 radical (unpaired) electrons. The molecule has 0 aromatic carbocycles. The molecule has 0 unspecified atom stereocenters. The summed E-state index contributed by atoms with van der Waals surface area (Å²) in [6.07, 6.45) is 0. The second-order valence-corrected chi connectivity index (χ2v) is 6.51. The van der Waals surface area contributed by atoms with Gasteiger partial charge in [0.2, 0.25) is 0 Å². The summed E-state index contributed by atoms with van der Waals surface area (Å²) in [7, 11) is 1.64. The van der Waals surface area contributed by atoms with Gasteiger partial charge in [0.1, 0.15) is 5.82 Å². The maximum atomic E-state index is 5.58. The third kappa shape index (κ3) is 3.52. The number of nitrogens with zero attached hydrogens (tertiary/aromatic N) is 2. The van der Waals surface area contributed by atoms with Crippen LogP contribution in [0.1, 0.15) is 12.6 Å². The first-order chi connectivity index (χ1) is 9.56. The Hall–Kier alpha value is -0.190. The number of aromatic nitrogens is 2. The number of nitrogens with one attached hydrogen (secondary N) is 1. The highest BCUT2D eigenvalue weighted by Crippen LogP contribution is 2.32. The maximum Gasteiger partial charge on any atom is 0.198 e. The molecule has 2 aromatic rings. The number of halogens is 3. The van der Waals surface area contributed by atoms with Crippen LogP contribution in [-0.4, -0.2) is 23.6 Å². The molecule has 0 aliphatic rings. The molecular formula is C12H12Br2IN3O2. The molecule has 0 saturated heterocycles. The van der Waals surface area contributed by atoms with E-state index in [0.717, 1.165) is 26.1 Å². The molecule has 0 saturated carbocycles. The summed E-state index contributed by atoms with van der Waals surface area (Å²) >= 11 is 8.92. The van der Waals surface area contributed by atoms with Gasteiger partial charge in [-0.15, -0.1) is 0 Å². The van der Waals surface area contributed by atoms with Crippen LogP contribution in [0, 0.1) is 3.57 Å². The van der Waals surface area contributed by atoms with Gasteiger partial charge in [-0.2, -0.15) is 0 Å². The van der Waals surface area contributed by atoms with Gasteiger partial charge >= 0.3 is 0 Å². The third-order valence-electron chi connectivity index (χ3n) is 2.41. The molecule has 2 aromatic heterocycles. The van der Waals surface area contributed by atoms with Gasteiger partial charge in [-0.1, -0.05) is 0 Å². The standard InChI is InChI=1S/C12H12Br2IN3O2/c1-3-16-12-9(15)7(5-19-2)17-11(18-12)8-4-6(13)10(14)20-8/h4H,3,5H2,1-2H3,(H,16,17,18). The van der Waals surface area contributed by atoms with Crippen molar-refractivity contribution in [3.8, 4) is 11.6 Å². The van der Waals surface area contributed by atoms with Gasteiger partial charge in [0, 0.05) is 19.7 Å². The summed E-state index contributed by atoms with van der Waals surface area (Å²) in [5.74, 6) is 1.91. The van der Waals surface area contributed by atoms with Crippen LogP contribution >= 0.6 is 54.5 Å². The van der Waals surface area contributed by atoms with E-state index in [-0.39, 0.29) is 0 Å². The van der Waals surface area contributed by atoms with Gasteiger partial charge in [0.25, 0.3) is 0 Å². The molecule has 0 spiro atoms. The summed E-state index contributed by atoms with van der Waals surface area (Å²) in [5.41, 5.74) is 0.831. The minimum atomic E-state index is 0.426. The summed E-state index contributed by atoms with van der Waals surface area (Å²) in [5, 5.41) is 3.23. The number of ether oxygens (including phenoxy) is 1. The molecular weight excluding hydrogens is 505 g/mol. The average molecular weight is 517 g/mol. The SMILES string of the molecule is CCNc1nc(-c2cc(Br)c(Br)o2)nc(COC)c1I. The molecule has 1 N–H and O–H groups in total. The van der Waals surface area contributed by atoms with E-state index in [4.69, 9.17) is 9.15 Å². The number of methoxy groups -OCH3 is 1. The molecule has 0 bridgehead atoms. The van der Waals surface area contributed by atoms with Gasteiger partial charge in [-0.05, 0) is 61.4 Å². The van der Waals surface area contributed by atoms with Crippen LogP contribution in [0.5, 0.6) is 0 Å². The van der Waals surface area contributed by atoms with E-state index < -0.39 is 0 Å². The molecule has 0 aliphatic carbocycles. The molecule has 108 valence electrons. The third-order valence-corrected chi connectivity index (χ3v) is 5.25. The fourth-order valence-electron chi connectivity index (χ4n) is 1.58. The van der Waals surface area contributed by atoms with Crippen LogP contribution in [0.2, 0.25) is 0 Å². The minimum Gasteiger partial charge on any atom is -0.445 e. The Morgan fingerprint density at radius 3 is 2.70 bits per heavy atom. The number of hydrogen-bond donors (Lipinski definition) is 1. The van der Waals surface area contributed by atoms with Gasteiger partial charge in [-0.3, -0.25) is 0 Å². The highest BCUT2D eigenvalue weighted by Gasteiger charge is 2.16. The highest BCUT2D eigenvalue weighted by molar-refractivity contribution is 14.1. The number of hydrogen-bond acceptors (Lipinski definition) is 5. The fraction of sp³-hybridized carbons (Fsp3) is 0.333. The molecule has 0 atom stereocenters. The van der Waals surface area contributed by atoms with E-state index in [2.05, 4.69) is 69.7 Å². The lowest BCUT2D eigenvalue weighted by Crippen LogP contribution is -2.08. The monoisotopic (exact) mass is 515 g/mol. The molecule has 8 heteroatoms. The van der Waals surface area contributed by atoms with Crippen LogP contribution < -0.4 is 5.32 Å². The van der Waals surface area contributed by atoms with Crippen molar-refractivity contribution in [2.45, 2.75) is 13.5 Å². The molecule has 0 fully saturated rings. The van der Waals surface area contributed by atoms with Gasteiger partial charge in [-0.25, -0.2) is 9.97 Å². The zero-order valence-electron chi connectivity index (χ0n) is 10.8. The Balaban J connectivity index is 2.52. The number of furan rings is 1. The van der Waals surface area contributed by atoms with Gasteiger partial charge < -0.3 is 14.5 Å². The first kappa shape index (κ1) is 16.2. The number of anilines is 1. The van der Waals surface area contributed by atoms with Crippen LogP contribution in [-0.2, 0) is 11.3 Å². The average Bonchev–Trinajstić information content (AvgIpc) is 2.75. The second kappa shape index (κ2) is 7.19. The van der Waals surface area contributed by atoms with Gasteiger partial charge in [0.05, 0.1) is 20.3 Å². The lowest BCUT2D eigenvalue weighted by Gasteiger charge is -2.10. The van der Waals surface area contributed by atoms with E-state index >= 15 is 0 Å². The highest BCUT2D eigenvalue weighted by atomic mass is 127. The summed E-state index contributed by atoms with van der Waals surface area (Å²) in [6.45, 7) is 3.23. The Kier molecular flexibility index (Phi) is 5.82. The number of rotatable bonds is 5. The summed E-state index contributed by atoms with van der Waals surface area (Å²) < 4.78 is 13.2. The molecule has 5 nitrogen and oxygen atoms in total. The predicted molar refractivity (Wildman–Crippen MR) is 92.7 cm³/mol. The first-order valence-electron chi connectivity index (χ1n) is 5.81. The largest absolute Gasteiger partial charge is 0.445 e. The minimum absolute atomic E-state index is 0.426. The van der Waals surface area contributed by atoms with Crippen molar-refractivity contribution >= 4 is 60.3 Å². The lowest BCUT2D eigenvalue weighted by atomic mass is 10.3. The quantitative estimate of drug-likeness (QED) is 0.595. The van der Waals surface area contributed by atoms with E-state index in [9.17, 15) is 0 Å². The molecule has 0 aliphatic heterocycles. The van der Waals surface area contributed by atoms with Gasteiger partial charge in [0.15, 0.2) is 16.3 Å². The van der Waals surface area contributed by atoms with E-state index in [1.165, 1.54) is 0 Å². The van der Waals surface area contributed by atoms with Crippen LogP contribution in [0.25, 0.3) is 11.6 Å². The van der Waals surface area contributed by atoms with Crippen molar-refractivity contribution in [3.05, 3.63) is 24.5 Å². The van der Waals surface area contributed by atoms with Crippen molar-refractivity contribution in [2.75, 3.05) is 19.0 Å². The molecule has 2 heterocycles. The zero-order valence-corrected chi connectivity index (χ0v) is 16.2. The first-order valence-corrected chi connectivity index (χ1v) is 8.47. The van der Waals surface area contributed by atoms with E-state index in [0.29, 0.717) is 22.9 Å². The zero-order chi connectivity index (χ0) is 14.7. The Morgan fingerprint density at radius 1 is 1.40 bits per heavy atom. The topological polar surface area (TPSA) is 60.2 Å². The Bertz CT molecular complexity index is 572. The fourth-order valence-corrected chi connectivity index (χ4v) is 2.74. The summed E-state index contributed by atoms with van der Waals surface area (Å²) in [4.78, 5) is 9.02.